The second-order valence-corrected chi connectivity index (χ2v) is 6.21. The van der Waals surface area contributed by atoms with E-state index in [4.69, 9.17) is 9.26 Å². The molecule has 1 N–H and O–H groups in total. The number of ether oxygens (including phenoxy) is 1. The van der Waals surface area contributed by atoms with Gasteiger partial charge in [0.05, 0.1) is 12.5 Å². The zero-order valence-corrected chi connectivity index (χ0v) is 14.5. The minimum atomic E-state index is -0.598. The highest BCUT2D eigenvalue weighted by Crippen LogP contribution is 2.25. The van der Waals surface area contributed by atoms with Gasteiger partial charge in [-0.3, -0.25) is 19.1 Å². The Morgan fingerprint density at radius 3 is 3.08 bits per heavy atom. The third-order valence-electron chi connectivity index (χ3n) is 4.34. The molecule has 2 aromatic heterocycles. The van der Waals surface area contributed by atoms with Gasteiger partial charge in [-0.05, 0) is 12.8 Å². The summed E-state index contributed by atoms with van der Waals surface area (Å²) in [4.78, 5) is 43.6. The molecule has 0 aromatic carbocycles. The summed E-state index contributed by atoms with van der Waals surface area (Å²) in [7, 11) is 1.61. The van der Waals surface area contributed by atoms with Crippen LogP contribution in [0.25, 0.3) is 0 Å². The number of amides is 1. The molecule has 2 aromatic rings. The van der Waals surface area contributed by atoms with Gasteiger partial charge in [-0.15, -0.1) is 0 Å². The number of likely N-dealkylation sites (tertiary alicyclic amines) is 1. The first-order valence-corrected chi connectivity index (χ1v) is 8.46. The average Bonchev–Trinajstić information content (AvgIpc) is 3.11. The summed E-state index contributed by atoms with van der Waals surface area (Å²) in [5.74, 6) is 0.895. The van der Waals surface area contributed by atoms with Crippen LogP contribution in [0.15, 0.2) is 26.4 Å². The van der Waals surface area contributed by atoms with Crippen molar-refractivity contribution in [2.45, 2.75) is 31.7 Å². The van der Waals surface area contributed by atoms with Gasteiger partial charge in [0, 0.05) is 38.9 Å². The summed E-state index contributed by atoms with van der Waals surface area (Å²) in [6.07, 6.45) is 3.56. The number of methoxy groups -OCH3 is 1. The van der Waals surface area contributed by atoms with Crippen LogP contribution in [0, 0.1) is 0 Å². The number of nitrogens with zero attached hydrogens (tertiary/aromatic N) is 4. The van der Waals surface area contributed by atoms with E-state index in [-0.39, 0.29) is 18.4 Å². The van der Waals surface area contributed by atoms with E-state index < -0.39 is 11.2 Å². The molecule has 0 bridgehead atoms. The number of carbonyl (C=O) groups is 1. The van der Waals surface area contributed by atoms with Gasteiger partial charge in [0.15, 0.2) is 5.82 Å². The van der Waals surface area contributed by atoms with Crippen LogP contribution in [0.3, 0.4) is 0 Å². The first-order valence-electron chi connectivity index (χ1n) is 8.46. The van der Waals surface area contributed by atoms with Gasteiger partial charge in [-0.2, -0.15) is 4.98 Å². The highest BCUT2D eigenvalue weighted by Gasteiger charge is 2.28. The molecular weight excluding hydrogens is 342 g/mol. The van der Waals surface area contributed by atoms with Gasteiger partial charge < -0.3 is 14.2 Å². The van der Waals surface area contributed by atoms with Crippen LogP contribution in [-0.2, 0) is 22.5 Å². The van der Waals surface area contributed by atoms with Crippen LogP contribution >= 0.6 is 0 Å². The van der Waals surface area contributed by atoms with Gasteiger partial charge in [-0.1, -0.05) is 5.16 Å². The predicted octanol–water partition coefficient (Wildman–Crippen LogP) is -0.485. The number of aromatic amines is 1. The summed E-state index contributed by atoms with van der Waals surface area (Å²) in [6, 6.07) is 1.22. The number of aromatic nitrogens is 4. The monoisotopic (exact) mass is 363 g/mol. The maximum absolute atomic E-state index is 12.5. The van der Waals surface area contributed by atoms with Crippen LogP contribution in [0.2, 0.25) is 0 Å². The predicted molar refractivity (Wildman–Crippen MR) is 89.8 cm³/mol. The Morgan fingerprint density at radius 1 is 1.46 bits per heavy atom. The molecule has 26 heavy (non-hydrogen) atoms. The Morgan fingerprint density at radius 2 is 2.31 bits per heavy atom. The first kappa shape index (κ1) is 18.1. The smallest absolute Gasteiger partial charge is 0.328 e. The molecule has 10 nitrogen and oxygen atoms in total. The summed E-state index contributed by atoms with van der Waals surface area (Å²) < 4.78 is 11.5. The molecule has 1 aliphatic heterocycles. The van der Waals surface area contributed by atoms with E-state index in [1.807, 2.05) is 0 Å². The van der Waals surface area contributed by atoms with E-state index in [0.717, 1.165) is 12.8 Å². The molecule has 0 radical (unpaired) electrons. The number of hydrogen-bond donors (Lipinski definition) is 1. The molecule has 0 aliphatic carbocycles. The number of H-pyrrole nitrogens is 1. The fourth-order valence-corrected chi connectivity index (χ4v) is 2.95. The maximum atomic E-state index is 12.5. The van der Waals surface area contributed by atoms with Crippen molar-refractivity contribution in [1.29, 1.82) is 0 Å². The molecule has 3 rings (SSSR count). The molecule has 3 heterocycles. The topological polar surface area (TPSA) is 123 Å². The summed E-state index contributed by atoms with van der Waals surface area (Å²) >= 11 is 0. The van der Waals surface area contributed by atoms with Crippen molar-refractivity contribution in [2.24, 2.45) is 0 Å². The van der Waals surface area contributed by atoms with E-state index in [0.29, 0.717) is 37.8 Å². The third kappa shape index (κ3) is 4.26. The molecule has 140 valence electrons. The van der Waals surface area contributed by atoms with Crippen LogP contribution in [0.5, 0.6) is 0 Å². The van der Waals surface area contributed by atoms with E-state index in [1.165, 1.54) is 16.8 Å². The van der Waals surface area contributed by atoms with Gasteiger partial charge in [0.25, 0.3) is 5.56 Å². The molecule has 1 unspecified atom stereocenters. The van der Waals surface area contributed by atoms with Gasteiger partial charge in [-0.25, -0.2) is 4.79 Å². The molecule has 1 atom stereocenters. The standard InChI is InChI=1S/C16H21N5O5/c1-25-8-5-12-17-15(26-19-12)11-3-2-6-20(9-11)14(23)10-21-7-4-13(22)18-16(21)24/h4,7,11H,2-3,5-6,8-10H2,1H3,(H,18,22,24). The summed E-state index contributed by atoms with van der Waals surface area (Å²) in [5.41, 5.74) is -1.09. The normalized spacial score (nSPS) is 17.4. The number of carbonyl (C=O) groups excluding carboxylic acids is 1. The van der Waals surface area contributed by atoms with Crippen molar-refractivity contribution in [2.75, 3.05) is 26.8 Å². The molecule has 1 aliphatic rings. The van der Waals surface area contributed by atoms with Crippen LogP contribution in [-0.4, -0.2) is 57.3 Å². The quantitative estimate of drug-likeness (QED) is 0.735. The second-order valence-electron chi connectivity index (χ2n) is 6.21. The Balaban J connectivity index is 1.64. The fraction of sp³-hybridized carbons (Fsp3) is 0.562. The lowest BCUT2D eigenvalue weighted by Crippen LogP contribution is -2.42. The minimum absolute atomic E-state index is 0.0243. The van der Waals surface area contributed by atoms with E-state index in [1.54, 1.807) is 12.0 Å². The SMILES string of the molecule is COCCc1noc(C2CCCN(C(=O)Cn3ccc(=O)[nH]c3=O)C2)n1. The lowest BCUT2D eigenvalue weighted by molar-refractivity contribution is -0.133. The maximum Gasteiger partial charge on any atom is 0.328 e. The molecular formula is C16H21N5O5. The zero-order valence-electron chi connectivity index (χ0n) is 14.5. The molecule has 1 amide bonds. The van der Waals surface area contributed by atoms with Gasteiger partial charge in [0.1, 0.15) is 6.54 Å². The fourth-order valence-electron chi connectivity index (χ4n) is 2.95. The number of hydrogen-bond acceptors (Lipinski definition) is 7. The number of nitrogens with one attached hydrogen (secondary N) is 1. The highest BCUT2D eigenvalue weighted by atomic mass is 16.5. The average molecular weight is 363 g/mol. The van der Waals surface area contributed by atoms with Gasteiger partial charge in [0.2, 0.25) is 11.8 Å². The lowest BCUT2D eigenvalue weighted by atomic mass is 9.98. The van der Waals surface area contributed by atoms with E-state index in [2.05, 4.69) is 15.1 Å². The van der Waals surface area contributed by atoms with Crippen LogP contribution < -0.4 is 11.2 Å². The number of rotatable bonds is 6. The Labute approximate surface area is 148 Å². The molecule has 10 heteroatoms. The Kier molecular flexibility index (Phi) is 5.61. The van der Waals surface area contributed by atoms with Crippen molar-refractivity contribution in [3.05, 3.63) is 44.8 Å². The van der Waals surface area contributed by atoms with Crippen molar-refractivity contribution in [3.63, 3.8) is 0 Å². The summed E-state index contributed by atoms with van der Waals surface area (Å²) in [5, 5.41) is 3.94. The third-order valence-corrected chi connectivity index (χ3v) is 4.34. The van der Waals surface area contributed by atoms with Crippen molar-refractivity contribution < 1.29 is 14.1 Å². The van der Waals surface area contributed by atoms with E-state index >= 15 is 0 Å². The highest BCUT2D eigenvalue weighted by molar-refractivity contribution is 5.76. The largest absolute Gasteiger partial charge is 0.384 e. The zero-order chi connectivity index (χ0) is 18.5. The number of piperidine rings is 1. The minimum Gasteiger partial charge on any atom is -0.384 e. The summed E-state index contributed by atoms with van der Waals surface area (Å²) in [6.45, 7) is 1.47. The Bertz CT molecular complexity index is 870. The van der Waals surface area contributed by atoms with Crippen molar-refractivity contribution in [1.82, 2.24) is 24.6 Å². The molecule has 1 saturated heterocycles. The van der Waals surface area contributed by atoms with Crippen molar-refractivity contribution >= 4 is 5.91 Å². The van der Waals surface area contributed by atoms with Crippen LogP contribution in [0.1, 0.15) is 30.5 Å². The second kappa shape index (κ2) is 8.09. The van der Waals surface area contributed by atoms with E-state index in [9.17, 15) is 14.4 Å². The molecule has 1 fully saturated rings. The van der Waals surface area contributed by atoms with Gasteiger partial charge >= 0.3 is 5.69 Å². The molecule has 0 spiro atoms. The lowest BCUT2D eigenvalue weighted by Gasteiger charge is -2.31. The van der Waals surface area contributed by atoms with Crippen LogP contribution in [0.4, 0.5) is 0 Å². The van der Waals surface area contributed by atoms with Crippen molar-refractivity contribution in [3.8, 4) is 0 Å². The Hall–Kier alpha value is -2.75. The first-order chi connectivity index (χ1) is 12.6. The molecule has 0 saturated carbocycles.